The Bertz CT molecular complexity index is 459. The van der Waals surface area contributed by atoms with Crippen molar-refractivity contribution >= 4 is 17.5 Å². The van der Waals surface area contributed by atoms with Gasteiger partial charge in [-0.2, -0.15) is 0 Å². The van der Waals surface area contributed by atoms with Crippen molar-refractivity contribution in [3.05, 3.63) is 29.3 Å². The molecule has 0 spiro atoms. The van der Waals surface area contributed by atoms with Crippen molar-refractivity contribution in [3.8, 4) is 5.75 Å². The molecule has 116 valence electrons. The molecule has 0 bridgehead atoms. The fraction of sp³-hybridized carbons (Fsp3) is 0.562. The van der Waals surface area contributed by atoms with E-state index in [1.807, 2.05) is 30.1 Å². The molecule has 2 rings (SSSR count). The van der Waals surface area contributed by atoms with Gasteiger partial charge in [-0.25, -0.2) is 0 Å². The number of nitrogens with zero attached hydrogens (tertiary/aromatic N) is 1. The lowest BCUT2D eigenvalue weighted by Gasteiger charge is -2.32. The van der Waals surface area contributed by atoms with E-state index in [2.05, 4.69) is 5.32 Å². The number of amides is 1. The van der Waals surface area contributed by atoms with Crippen molar-refractivity contribution in [2.45, 2.75) is 19.3 Å². The van der Waals surface area contributed by atoms with Gasteiger partial charge in [-0.15, -0.1) is 0 Å². The summed E-state index contributed by atoms with van der Waals surface area (Å²) in [4.78, 5) is 14.1. The molecule has 0 radical (unpaired) electrons. The van der Waals surface area contributed by atoms with Gasteiger partial charge in [0.25, 0.3) is 0 Å². The molecule has 0 aliphatic carbocycles. The summed E-state index contributed by atoms with van der Waals surface area (Å²) in [6, 6.07) is 7.33. The molecule has 0 atom stereocenters. The SMILES string of the molecule is CNCC1CCN(C(=O)CCOc2ccccc2Cl)CC1. The molecule has 1 aliphatic rings. The molecule has 0 saturated carbocycles. The molecular weight excluding hydrogens is 288 g/mol. The van der Waals surface area contributed by atoms with Crippen LogP contribution in [-0.2, 0) is 4.79 Å². The van der Waals surface area contributed by atoms with Crippen molar-refractivity contribution in [2.75, 3.05) is 33.3 Å². The van der Waals surface area contributed by atoms with Gasteiger partial charge in [-0.05, 0) is 44.5 Å². The minimum atomic E-state index is 0.171. The van der Waals surface area contributed by atoms with Crippen LogP contribution in [0.15, 0.2) is 24.3 Å². The van der Waals surface area contributed by atoms with Gasteiger partial charge in [0.05, 0.1) is 18.1 Å². The Morgan fingerprint density at radius 1 is 1.38 bits per heavy atom. The second kappa shape index (κ2) is 8.25. The minimum Gasteiger partial charge on any atom is -0.491 e. The third kappa shape index (κ3) is 4.90. The molecular formula is C16H23ClN2O2. The van der Waals surface area contributed by atoms with Gasteiger partial charge in [-0.1, -0.05) is 23.7 Å². The second-order valence-electron chi connectivity index (χ2n) is 5.41. The lowest BCUT2D eigenvalue weighted by atomic mass is 9.97. The monoisotopic (exact) mass is 310 g/mol. The minimum absolute atomic E-state index is 0.171. The second-order valence-corrected chi connectivity index (χ2v) is 5.82. The molecule has 1 aromatic carbocycles. The van der Waals surface area contributed by atoms with Crippen molar-refractivity contribution in [1.82, 2.24) is 10.2 Å². The van der Waals surface area contributed by atoms with Crippen LogP contribution in [0.5, 0.6) is 5.75 Å². The third-order valence-electron chi connectivity index (χ3n) is 3.87. The van der Waals surface area contributed by atoms with Crippen LogP contribution in [0.2, 0.25) is 5.02 Å². The summed E-state index contributed by atoms with van der Waals surface area (Å²) in [5.41, 5.74) is 0. The van der Waals surface area contributed by atoms with Gasteiger partial charge in [0, 0.05) is 13.1 Å². The molecule has 1 aliphatic heterocycles. The largest absolute Gasteiger partial charge is 0.491 e. The Morgan fingerprint density at radius 3 is 2.76 bits per heavy atom. The Kier molecular flexibility index (Phi) is 6.33. The summed E-state index contributed by atoms with van der Waals surface area (Å²) in [6.07, 6.45) is 2.57. The molecule has 1 fully saturated rings. The fourth-order valence-electron chi connectivity index (χ4n) is 2.64. The molecule has 1 aromatic rings. The highest BCUT2D eigenvalue weighted by molar-refractivity contribution is 6.32. The number of para-hydroxylation sites is 1. The number of likely N-dealkylation sites (tertiary alicyclic amines) is 1. The normalized spacial score (nSPS) is 16.0. The van der Waals surface area contributed by atoms with Crippen LogP contribution < -0.4 is 10.1 Å². The van der Waals surface area contributed by atoms with Crippen LogP contribution in [0.3, 0.4) is 0 Å². The topological polar surface area (TPSA) is 41.6 Å². The lowest BCUT2D eigenvalue weighted by Crippen LogP contribution is -2.40. The van der Waals surface area contributed by atoms with Gasteiger partial charge in [0.1, 0.15) is 5.75 Å². The first-order valence-electron chi connectivity index (χ1n) is 7.50. The summed E-state index contributed by atoms with van der Waals surface area (Å²) in [5, 5.41) is 3.78. The Labute approximate surface area is 131 Å². The van der Waals surface area contributed by atoms with Crippen LogP contribution in [0.25, 0.3) is 0 Å². The van der Waals surface area contributed by atoms with E-state index in [0.29, 0.717) is 29.7 Å². The zero-order valence-corrected chi connectivity index (χ0v) is 13.2. The van der Waals surface area contributed by atoms with Crippen molar-refractivity contribution in [3.63, 3.8) is 0 Å². The number of benzene rings is 1. The van der Waals surface area contributed by atoms with Gasteiger partial charge < -0.3 is 15.0 Å². The smallest absolute Gasteiger partial charge is 0.225 e. The number of hydrogen-bond acceptors (Lipinski definition) is 3. The average molecular weight is 311 g/mol. The first-order chi connectivity index (χ1) is 10.2. The van der Waals surface area contributed by atoms with E-state index >= 15 is 0 Å². The van der Waals surface area contributed by atoms with E-state index in [-0.39, 0.29) is 5.91 Å². The maximum atomic E-state index is 12.1. The highest BCUT2D eigenvalue weighted by Crippen LogP contribution is 2.23. The first kappa shape index (κ1) is 16.1. The summed E-state index contributed by atoms with van der Waals surface area (Å²) in [5.74, 6) is 1.50. The molecule has 21 heavy (non-hydrogen) atoms. The summed E-state index contributed by atoms with van der Waals surface area (Å²) >= 11 is 6.01. The quantitative estimate of drug-likeness (QED) is 0.878. The number of piperidine rings is 1. The van der Waals surface area contributed by atoms with Crippen LogP contribution in [0.4, 0.5) is 0 Å². The Morgan fingerprint density at radius 2 is 2.10 bits per heavy atom. The summed E-state index contributed by atoms with van der Waals surface area (Å²) < 4.78 is 5.57. The number of carbonyl (C=O) groups is 1. The molecule has 0 unspecified atom stereocenters. The summed E-state index contributed by atoms with van der Waals surface area (Å²) in [6.45, 7) is 3.13. The Balaban J connectivity index is 1.70. The maximum Gasteiger partial charge on any atom is 0.225 e. The highest BCUT2D eigenvalue weighted by Gasteiger charge is 2.22. The molecule has 1 N–H and O–H groups in total. The molecule has 1 amide bonds. The predicted octanol–water partition coefficient (Wildman–Crippen LogP) is 2.57. The molecule has 1 saturated heterocycles. The molecule has 4 nitrogen and oxygen atoms in total. The number of rotatable bonds is 6. The van der Waals surface area contributed by atoms with Crippen LogP contribution >= 0.6 is 11.6 Å². The van der Waals surface area contributed by atoms with E-state index in [9.17, 15) is 4.79 Å². The van der Waals surface area contributed by atoms with Gasteiger partial charge >= 0.3 is 0 Å². The molecule has 0 aromatic heterocycles. The average Bonchev–Trinajstić information content (AvgIpc) is 2.50. The number of hydrogen-bond donors (Lipinski definition) is 1. The van der Waals surface area contributed by atoms with Crippen molar-refractivity contribution in [1.29, 1.82) is 0 Å². The predicted molar refractivity (Wildman–Crippen MR) is 84.8 cm³/mol. The zero-order chi connectivity index (χ0) is 15.1. The van der Waals surface area contributed by atoms with E-state index in [0.717, 1.165) is 32.5 Å². The fourth-order valence-corrected chi connectivity index (χ4v) is 2.83. The number of halogens is 1. The van der Waals surface area contributed by atoms with Crippen molar-refractivity contribution < 1.29 is 9.53 Å². The Hall–Kier alpha value is -1.26. The van der Waals surface area contributed by atoms with E-state index in [4.69, 9.17) is 16.3 Å². The van der Waals surface area contributed by atoms with E-state index in [1.54, 1.807) is 6.07 Å². The van der Waals surface area contributed by atoms with E-state index in [1.165, 1.54) is 0 Å². The van der Waals surface area contributed by atoms with Crippen LogP contribution in [0.1, 0.15) is 19.3 Å². The standard InChI is InChI=1S/C16H23ClN2O2/c1-18-12-13-6-9-19(10-7-13)16(20)8-11-21-15-5-3-2-4-14(15)17/h2-5,13,18H,6-12H2,1H3. The first-order valence-corrected chi connectivity index (χ1v) is 7.88. The van der Waals surface area contributed by atoms with Gasteiger partial charge in [0.15, 0.2) is 0 Å². The third-order valence-corrected chi connectivity index (χ3v) is 4.18. The van der Waals surface area contributed by atoms with Gasteiger partial charge in [0.2, 0.25) is 5.91 Å². The number of ether oxygens (including phenoxy) is 1. The van der Waals surface area contributed by atoms with Crippen LogP contribution in [-0.4, -0.2) is 44.1 Å². The maximum absolute atomic E-state index is 12.1. The highest BCUT2D eigenvalue weighted by atomic mass is 35.5. The van der Waals surface area contributed by atoms with Gasteiger partial charge in [-0.3, -0.25) is 4.79 Å². The van der Waals surface area contributed by atoms with Crippen molar-refractivity contribution in [2.24, 2.45) is 5.92 Å². The van der Waals surface area contributed by atoms with E-state index < -0.39 is 0 Å². The molecule has 1 heterocycles. The number of carbonyl (C=O) groups excluding carboxylic acids is 1. The summed E-state index contributed by atoms with van der Waals surface area (Å²) in [7, 11) is 1.98. The lowest BCUT2D eigenvalue weighted by molar-refractivity contribution is -0.133. The van der Waals surface area contributed by atoms with Crippen LogP contribution in [0, 0.1) is 5.92 Å². The zero-order valence-electron chi connectivity index (χ0n) is 12.5. The molecule has 5 heteroatoms. The number of nitrogens with one attached hydrogen (secondary N) is 1.